The first kappa shape index (κ1) is 13.0. The van der Waals surface area contributed by atoms with Crippen molar-refractivity contribution in [1.82, 2.24) is 15.6 Å². The van der Waals surface area contributed by atoms with E-state index in [0.717, 1.165) is 0 Å². The number of carboxylic acids is 1. The molecule has 0 unspecified atom stereocenters. The summed E-state index contributed by atoms with van der Waals surface area (Å²) in [7, 11) is 0. The Kier molecular flexibility index (Phi) is 4.46. The van der Waals surface area contributed by atoms with Crippen LogP contribution in [0, 0.1) is 6.92 Å². The van der Waals surface area contributed by atoms with E-state index in [0.29, 0.717) is 11.7 Å². The molecule has 0 radical (unpaired) electrons. The summed E-state index contributed by atoms with van der Waals surface area (Å²) in [6, 6.07) is -0.610. The van der Waals surface area contributed by atoms with Crippen LogP contribution in [0.1, 0.15) is 11.7 Å². The van der Waals surface area contributed by atoms with Gasteiger partial charge in [-0.1, -0.05) is 0 Å². The van der Waals surface area contributed by atoms with Crippen molar-refractivity contribution in [2.75, 3.05) is 6.54 Å². The van der Waals surface area contributed by atoms with Gasteiger partial charge in [-0.15, -0.1) is 0 Å². The highest BCUT2D eigenvalue weighted by Gasteiger charge is 2.14. The lowest BCUT2D eigenvalue weighted by Crippen LogP contribution is -2.41. The number of hydrogen-bond acceptors (Lipinski definition) is 5. The maximum atomic E-state index is 11.2. The predicted molar refractivity (Wildman–Crippen MR) is 55.1 cm³/mol. The number of carboxylic acid groups (broad SMARTS) is 1. The second-order valence-corrected chi connectivity index (χ2v) is 3.28. The van der Waals surface area contributed by atoms with E-state index in [-0.39, 0.29) is 13.1 Å². The van der Waals surface area contributed by atoms with Gasteiger partial charge in [0.2, 0.25) is 5.89 Å². The Hall–Kier alpha value is -2.09. The summed E-state index contributed by atoms with van der Waals surface area (Å²) in [5.41, 5.74) is 0. The van der Waals surface area contributed by atoms with Gasteiger partial charge in [0.25, 0.3) is 0 Å². The van der Waals surface area contributed by atoms with Crippen molar-refractivity contribution in [1.29, 1.82) is 0 Å². The molecular weight excluding hydrogens is 230 g/mol. The number of carbonyl (C=O) groups excluding carboxylic acids is 1. The van der Waals surface area contributed by atoms with Crippen molar-refractivity contribution in [2.24, 2.45) is 0 Å². The average molecular weight is 243 g/mol. The molecule has 0 aliphatic carbocycles. The molecule has 0 aliphatic heterocycles. The zero-order chi connectivity index (χ0) is 12.8. The normalized spacial score (nSPS) is 11.9. The molecule has 1 aromatic heterocycles. The average Bonchev–Trinajstić information content (AvgIpc) is 2.69. The van der Waals surface area contributed by atoms with Gasteiger partial charge >= 0.3 is 12.0 Å². The van der Waals surface area contributed by atoms with E-state index < -0.39 is 18.1 Å². The van der Waals surface area contributed by atoms with Gasteiger partial charge in [0.15, 0.2) is 6.10 Å². The third-order valence-electron chi connectivity index (χ3n) is 1.81. The van der Waals surface area contributed by atoms with Crippen molar-refractivity contribution < 1.29 is 24.2 Å². The van der Waals surface area contributed by atoms with Crippen LogP contribution in [0.25, 0.3) is 0 Å². The first-order valence-corrected chi connectivity index (χ1v) is 4.83. The molecular formula is C9H13N3O5. The predicted octanol–water partition coefficient (Wildman–Crippen LogP) is -0.772. The van der Waals surface area contributed by atoms with Crippen molar-refractivity contribution in [3.63, 3.8) is 0 Å². The Morgan fingerprint density at radius 2 is 2.24 bits per heavy atom. The molecule has 0 bridgehead atoms. The lowest BCUT2D eigenvalue weighted by Gasteiger charge is -2.08. The molecule has 8 nitrogen and oxygen atoms in total. The topological polar surface area (TPSA) is 125 Å². The van der Waals surface area contributed by atoms with E-state index in [9.17, 15) is 9.59 Å². The minimum Gasteiger partial charge on any atom is -0.479 e. The van der Waals surface area contributed by atoms with Gasteiger partial charge in [0.1, 0.15) is 5.76 Å². The van der Waals surface area contributed by atoms with Crippen LogP contribution in [0.5, 0.6) is 0 Å². The zero-order valence-electron chi connectivity index (χ0n) is 9.14. The first-order chi connectivity index (χ1) is 7.99. The number of nitrogens with zero attached hydrogens (tertiary/aromatic N) is 1. The zero-order valence-corrected chi connectivity index (χ0v) is 9.14. The molecule has 2 amide bonds. The minimum absolute atomic E-state index is 0.0862. The van der Waals surface area contributed by atoms with Gasteiger partial charge in [0, 0.05) is 0 Å². The van der Waals surface area contributed by atoms with Gasteiger partial charge in [0.05, 0.1) is 19.3 Å². The van der Waals surface area contributed by atoms with Gasteiger partial charge in [-0.05, 0) is 6.92 Å². The first-order valence-electron chi connectivity index (χ1n) is 4.83. The maximum Gasteiger partial charge on any atom is 0.334 e. The Morgan fingerprint density at radius 1 is 1.53 bits per heavy atom. The van der Waals surface area contributed by atoms with Crippen LogP contribution in [-0.4, -0.2) is 39.8 Å². The monoisotopic (exact) mass is 243 g/mol. The molecule has 94 valence electrons. The smallest absolute Gasteiger partial charge is 0.334 e. The molecule has 8 heteroatoms. The molecule has 0 fully saturated rings. The van der Waals surface area contributed by atoms with E-state index in [4.69, 9.17) is 14.6 Å². The van der Waals surface area contributed by atoms with E-state index in [1.54, 1.807) is 6.92 Å². The lowest BCUT2D eigenvalue weighted by atomic mass is 10.4. The summed E-state index contributed by atoms with van der Waals surface area (Å²) in [6.07, 6.45) is -0.104. The number of aliphatic carboxylic acids is 1. The van der Waals surface area contributed by atoms with Crippen LogP contribution in [0.3, 0.4) is 0 Å². The molecule has 0 spiro atoms. The van der Waals surface area contributed by atoms with Crippen molar-refractivity contribution in [2.45, 2.75) is 19.6 Å². The standard InChI is InChI=1S/C9H13N3O5/c1-5-2-10-7(17-5)4-12-9(16)11-3-6(13)8(14)15/h2,6,13H,3-4H2,1H3,(H,14,15)(H2,11,12,16)/t6-/m0/s1. The molecule has 1 heterocycles. The SMILES string of the molecule is Cc1cnc(CNC(=O)NC[C@H](O)C(=O)O)o1. The summed E-state index contributed by atoms with van der Waals surface area (Å²) >= 11 is 0. The molecule has 1 rings (SSSR count). The van der Waals surface area contributed by atoms with Gasteiger partial charge in [-0.3, -0.25) is 0 Å². The summed E-state index contributed by atoms with van der Waals surface area (Å²) < 4.78 is 5.10. The van der Waals surface area contributed by atoms with E-state index >= 15 is 0 Å². The van der Waals surface area contributed by atoms with Crippen LogP contribution >= 0.6 is 0 Å². The fourth-order valence-electron chi connectivity index (χ4n) is 0.978. The molecule has 1 aromatic rings. The third-order valence-corrected chi connectivity index (χ3v) is 1.81. The van der Waals surface area contributed by atoms with Crippen molar-refractivity contribution in [3.8, 4) is 0 Å². The maximum absolute atomic E-state index is 11.2. The molecule has 0 aliphatic rings. The van der Waals surface area contributed by atoms with Crippen LogP contribution in [-0.2, 0) is 11.3 Å². The molecule has 0 aromatic carbocycles. The second-order valence-electron chi connectivity index (χ2n) is 3.28. The second kappa shape index (κ2) is 5.85. The summed E-state index contributed by atoms with van der Waals surface area (Å²) in [4.78, 5) is 25.3. The number of oxazole rings is 1. The number of aryl methyl sites for hydroxylation is 1. The quantitative estimate of drug-likeness (QED) is 0.538. The highest BCUT2D eigenvalue weighted by Crippen LogP contribution is 2.00. The molecule has 0 saturated carbocycles. The van der Waals surface area contributed by atoms with Crippen molar-refractivity contribution in [3.05, 3.63) is 17.8 Å². The highest BCUT2D eigenvalue weighted by atomic mass is 16.4. The fraction of sp³-hybridized carbons (Fsp3) is 0.444. The van der Waals surface area contributed by atoms with Crippen LogP contribution in [0.15, 0.2) is 10.6 Å². The summed E-state index contributed by atoms with van der Waals surface area (Å²) in [5.74, 6) is -0.423. The number of aromatic nitrogens is 1. The lowest BCUT2D eigenvalue weighted by molar-refractivity contribution is -0.146. The minimum atomic E-state index is -1.62. The van der Waals surface area contributed by atoms with Crippen LogP contribution in [0.2, 0.25) is 0 Å². The van der Waals surface area contributed by atoms with E-state index in [1.807, 2.05) is 0 Å². The highest BCUT2D eigenvalue weighted by molar-refractivity contribution is 5.76. The number of aliphatic hydroxyl groups excluding tert-OH is 1. The number of aliphatic hydroxyl groups is 1. The number of rotatable bonds is 5. The van der Waals surface area contributed by atoms with Crippen molar-refractivity contribution >= 4 is 12.0 Å². The fourth-order valence-corrected chi connectivity index (χ4v) is 0.978. The Balaban J connectivity index is 2.24. The summed E-state index contributed by atoms with van der Waals surface area (Å²) in [5, 5.41) is 21.8. The van der Waals surface area contributed by atoms with E-state index in [2.05, 4.69) is 15.6 Å². The Bertz CT molecular complexity index is 403. The van der Waals surface area contributed by atoms with Crippen LogP contribution < -0.4 is 10.6 Å². The number of hydrogen-bond donors (Lipinski definition) is 4. The number of urea groups is 1. The van der Waals surface area contributed by atoms with Gasteiger partial charge in [-0.25, -0.2) is 14.6 Å². The Labute approximate surface area is 96.6 Å². The third kappa shape index (κ3) is 4.51. The number of amides is 2. The number of carbonyl (C=O) groups is 2. The summed E-state index contributed by atoms with van der Waals surface area (Å²) in [6.45, 7) is 1.44. The molecule has 0 saturated heterocycles. The molecule has 17 heavy (non-hydrogen) atoms. The molecule has 4 N–H and O–H groups in total. The van der Waals surface area contributed by atoms with Gasteiger partial charge < -0.3 is 25.3 Å². The van der Waals surface area contributed by atoms with Gasteiger partial charge in [-0.2, -0.15) is 0 Å². The van der Waals surface area contributed by atoms with E-state index in [1.165, 1.54) is 6.20 Å². The van der Waals surface area contributed by atoms with Crippen LogP contribution in [0.4, 0.5) is 4.79 Å². The molecule has 1 atom stereocenters. The Morgan fingerprint density at radius 3 is 2.76 bits per heavy atom. The largest absolute Gasteiger partial charge is 0.479 e. The number of nitrogens with one attached hydrogen (secondary N) is 2.